The van der Waals surface area contributed by atoms with Gasteiger partial charge in [-0.2, -0.15) is 0 Å². The van der Waals surface area contributed by atoms with E-state index in [1.165, 1.54) is 23.5 Å². The monoisotopic (exact) mass is 348 g/mol. The molecule has 0 saturated carbocycles. The van der Waals surface area contributed by atoms with Gasteiger partial charge in [-0.1, -0.05) is 23.8 Å². The Labute approximate surface area is 141 Å². The van der Waals surface area contributed by atoms with Gasteiger partial charge in [0.1, 0.15) is 0 Å². The molecule has 0 unspecified atom stereocenters. The lowest BCUT2D eigenvalue weighted by atomic mass is 10.1. The summed E-state index contributed by atoms with van der Waals surface area (Å²) in [5, 5.41) is 11.1. The van der Waals surface area contributed by atoms with Gasteiger partial charge in [0.2, 0.25) is 0 Å². The molecule has 0 aromatic heterocycles. The van der Waals surface area contributed by atoms with Gasteiger partial charge in [-0.3, -0.25) is 14.4 Å². The number of hydrogen-bond donors (Lipinski definition) is 0. The number of aryl methyl sites for hydroxylation is 4. The highest BCUT2D eigenvalue weighted by Crippen LogP contribution is 2.31. The topological polar surface area (TPSA) is 80.5 Å². The van der Waals surface area contributed by atoms with Gasteiger partial charge in [0.15, 0.2) is 0 Å². The Hall–Kier alpha value is -2.41. The summed E-state index contributed by atoms with van der Waals surface area (Å²) in [6.07, 6.45) is 0. The zero-order valence-corrected chi connectivity index (χ0v) is 15.1. The van der Waals surface area contributed by atoms with Crippen molar-refractivity contribution in [2.45, 2.75) is 32.6 Å². The molecular formula is C17H20N2O4S. The van der Waals surface area contributed by atoms with Crippen molar-refractivity contribution in [3.8, 4) is 0 Å². The fraction of sp³-hybridized carbons (Fsp3) is 0.294. The van der Waals surface area contributed by atoms with Crippen molar-refractivity contribution >= 4 is 21.4 Å². The number of hydrogen-bond acceptors (Lipinski definition) is 4. The van der Waals surface area contributed by atoms with Crippen LogP contribution in [0, 0.1) is 37.8 Å². The largest absolute Gasteiger partial charge is 0.273 e. The van der Waals surface area contributed by atoms with Crippen LogP contribution in [0.5, 0.6) is 0 Å². The maximum absolute atomic E-state index is 12.9. The van der Waals surface area contributed by atoms with Crippen molar-refractivity contribution < 1.29 is 13.3 Å². The van der Waals surface area contributed by atoms with Crippen LogP contribution < -0.4 is 4.31 Å². The van der Waals surface area contributed by atoms with Gasteiger partial charge >= 0.3 is 0 Å². The van der Waals surface area contributed by atoms with E-state index in [9.17, 15) is 18.5 Å². The van der Waals surface area contributed by atoms with Crippen molar-refractivity contribution in [2.75, 3.05) is 11.4 Å². The zero-order chi connectivity index (χ0) is 18.2. The molecule has 0 radical (unpaired) electrons. The summed E-state index contributed by atoms with van der Waals surface area (Å²) in [5.41, 5.74) is 3.51. The Kier molecular flexibility index (Phi) is 4.66. The Morgan fingerprint density at radius 3 is 2.00 bits per heavy atom. The van der Waals surface area contributed by atoms with Crippen LogP contribution in [0.2, 0.25) is 0 Å². The molecule has 7 heteroatoms. The van der Waals surface area contributed by atoms with Gasteiger partial charge in [-0.05, 0) is 44.9 Å². The van der Waals surface area contributed by atoms with E-state index in [0.29, 0.717) is 11.3 Å². The molecule has 24 heavy (non-hydrogen) atoms. The van der Waals surface area contributed by atoms with E-state index in [1.807, 2.05) is 32.9 Å². The van der Waals surface area contributed by atoms with E-state index in [0.717, 1.165) is 22.8 Å². The van der Waals surface area contributed by atoms with Crippen LogP contribution in [0.15, 0.2) is 35.2 Å². The van der Waals surface area contributed by atoms with Gasteiger partial charge in [-0.15, -0.1) is 0 Å². The van der Waals surface area contributed by atoms with Crippen molar-refractivity contribution in [1.82, 2.24) is 0 Å². The number of benzene rings is 2. The van der Waals surface area contributed by atoms with E-state index in [-0.39, 0.29) is 10.6 Å². The molecule has 128 valence electrons. The number of nitro benzene ring substituents is 1. The minimum absolute atomic E-state index is 0.0957. The maximum atomic E-state index is 12.9. The summed E-state index contributed by atoms with van der Waals surface area (Å²) in [6, 6.07) is 7.78. The molecule has 0 bridgehead atoms. The number of rotatable bonds is 4. The summed E-state index contributed by atoms with van der Waals surface area (Å²) in [5.74, 6) is 0. The van der Waals surface area contributed by atoms with Crippen LogP contribution >= 0.6 is 0 Å². The fourth-order valence-electron chi connectivity index (χ4n) is 2.89. The predicted molar refractivity (Wildman–Crippen MR) is 94.1 cm³/mol. The lowest BCUT2D eigenvalue weighted by Crippen LogP contribution is -2.28. The molecule has 0 saturated heterocycles. The first kappa shape index (κ1) is 17.9. The van der Waals surface area contributed by atoms with Crippen molar-refractivity contribution in [3.05, 3.63) is 62.7 Å². The molecule has 0 aliphatic carbocycles. The summed E-state index contributed by atoms with van der Waals surface area (Å²) in [7, 11) is -2.43. The average molecular weight is 348 g/mol. The minimum atomic E-state index is -3.89. The Bertz CT molecular complexity index is 897. The summed E-state index contributed by atoms with van der Waals surface area (Å²) >= 11 is 0. The summed E-state index contributed by atoms with van der Waals surface area (Å²) in [4.78, 5) is 10.4. The lowest BCUT2D eigenvalue weighted by molar-refractivity contribution is -0.385. The van der Waals surface area contributed by atoms with Gasteiger partial charge in [0.05, 0.1) is 15.5 Å². The molecule has 0 fully saturated rings. The molecule has 0 spiro atoms. The van der Waals surface area contributed by atoms with Crippen molar-refractivity contribution in [2.24, 2.45) is 0 Å². The van der Waals surface area contributed by atoms with Gasteiger partial charge in [0.25, 0.3) is 15.7 Å². The third kappa shape index (κ3) is 3.12. The molecule has 2 aromatic rings. The molecule has 6 nitrogen and oxygen atoms in total. The number of nitrogens with zero attached hydrogens (tertiary/aromatic N) is 2. The second-order valence-corrected chi connectivity index (χ2v) is 7.89. The Morgan fingerprint density at radius 2 is 1.50 bits per heavy atom. The second kappa shape index (κ2) is 6.24. The minimum Gasteiger partial charge on any atom is -0.269 e. The Balaban J connectivity index is 2.59. The third-order valence-corrected chi connectivity index (χ3v) is 5.74. The lowest BCUT2D eigenvalue weighted by Gasteiger charge is -2.24. The number of anilines is 1. The molecule has 2 aromatic carbocycles. The molecular weight excluding hydrogens is 328 g/mol. The normalized spacial score (nSPS) is 11.4. The maximum Gasteiger partial charge on any atom is 0.273 e. The van der Waals surface area contributed by atoms with Crippen molar-refractivity contribution in [1.29, 1.82) is 0 Å². The standard InChI is InChI=1S/C17H20N2O4S/c1-11-8-13(3)17(14(4)9-11)18(5)24(22,23)15-7-6-12(2)16(10-15)19(20)21/h6-10H,1-5H3. The number of sulfonamides is 1. The highest BCUT2D eigenvalue weighted by atomic mass is 32.2. The van der Waals surface area contributed by atoms with E-state index in [2.05, 4.69) is 0 Å². The van der Waals surface area contributed by atoms with Crippen molar-refractivity contribution in [3.63, 3.8) is 0 Å². The van der Waals surface area contributed by atoms with E-state index < -0.39 is 14.9 Å². The fourth-order valence-corrected chi connectivity index (χ4v) is 4.24. The number of nitro groups is 1. The molecule has 0 N–H and O–H groups in total. The summed E-state index contributed by atoms with van der Waals surface area (Å²) < 4.78 is 27.0. The van der Waals surface area contributed by atoms with Crippen LogP contribution in [-0.4, -0.2) is 20.4 Å². The smallest absolute Gasteiger partial charge is 0.269 e. The van der Waals surface area contributed by atoms with Gasteiger partial charge < -0.3 is 0 Å². The quantitative estimate of drug-likeness (QED) is 0.624. The van der Waals surface area contributed by atoms with E-state index in [4.69, 9.17) is 0 Å². The molecule has 0 aliphatic rings. The summed E-state index contributed by atoms with van der Waals surface area (Å²) in [6.45, 7) is 7.21. The van der Waals surface area contributed by atoms with Crippen LogP contribution in [0.3, 0.4) is 0 Å². The van der Waals surface area contributed by atoms with Crippen LogP contribution in [0.1, 0.15) is 22.3 Å². The van der Waals surface area contributed by atoms with E-state index in [1.54, 1.807) is 6.92 Å². The van der Waals surface area contributed by atoms with Crippen LogP contribution in [0.25, 0.3) is 0 Å². The molecule has 0 aliphatic heterocycles. The molecule has 0 amide bonds. The van der Waals surface area contributed by atoms with E-state index >= 15 is 0 Å². The zero-order valence-electron chi connectivity index (χ0n) is 14.3. The first-order valence-electron chi connectivity index (χ1n) is 7.37. The van der Waals surface area contributed by atoms with Gasteiger partial charge in [0, 0.05) is 18.7 Å². The van der Waals surface area contributed by atoms with Crippen LogP contribution in [-0.2, 0) is 10.0 Å². The first-order chi connectivity index (χ1) is 11.1. The highest BCUT2D eigenvalue weighted by molar-refractivity contribution is 7.92. The average Bonchev–Trinajstić information content (AvgIpc) is 2.45. The molecule has 0 heterocycles. The first-order valence-corrected chi connectivity index (χ1v) is 8.81. The Morgan fingerprint density at radius 1 is 0.958 bits per heavy atom. The third-order valence-electron chi connectivity index (χ3n) is 3.99. The molecule has 0 atom stereocenters. The SMILES string of the molecule is Cc1cc(C)c(N(C)S(=O)(=O)c2ccc(C)c([N+](=O)[O-])c2)c(C)c1. The predicted octanol–water partition coefficient (Wildman–Crippen LogP) is 3.65. The van der Waals surface area contributed by atoms with Crippen LogP contribution in [0.4, 0.5) is 11.4 Å². The highest BCUT2D eigenvalue weighted by Gasteiger charge is 2.26. The second-order valence-electron chi connectivity index (χ2n) is 5.93. The molecule has 2 rings (SSSR count). The van der Waals surface area contributed by atoms with Gasteiger partial charge in [-0.25, -0.2) is 8.42 Å².